The van der Waals surface area contributed by atoms with Crippen LogP contribution in [0.3, 0.4) is 0 Å². The fourth-order valence-corrected chi connectivity index (χ4v) is 3.42. The summed E-state index contributed by atoms with van der Waals surface area (Å²) in [5.41, 5.74) is 6.86. The van der Waals surface area contributed by atoms with Crippen molar-refractivity contribution in [1.29, 1.82) is 0 Å². The molecule has 110 valence electrons. The topological polar surface area (TPSA) is 47.7 Å². The van der Waals surface area contributed by atoms with Gasteiger partial charge in [0.05, 0.1) is 5.02 Å². The molecule has 1 saturated heterocycles. The lowest BCUT2D eigenvalue weighted by atomic mass is 9.94. The van der Waals surface area contributed by atoms with E-state index < -0.39 is 0 Å². The highest BCUT2D eigenvalue weighted by Gasteiger charge is 2.22. The van der Waals surface area contributed by atoms with E-state index in [-0.39, 0.29) is 6.79 Å². The number of nitrogens with two attached hydrogens (primary N) is 1. The molecule has 2 aliphatic rings. The molecule has 2 aliphatic heterocycles. The van der Waals surface area contributed by atoms with Crippen molar-refractivity contribution in [3.05, 3.63) is 22.7 Å². The molecule has 4 nitrogen and oxygen atoms in total. The van der Waals surface area contributed by atoms with Crippen LogP contribution >= 0.6 is 11.6 Å². The first-order valence-corrected chi connectivity index (χ1v) is 7.64. The van der Waals surface area contributed by atoms with Crippen LogP contribution < -0.4 is 15.2 Å². The van der Waals surface area contributed by atoms with Gasteiger partial charge >= 0.3 is 0 Å². The number of piperidine rings is 1. The molecular formula is C15H21ClN2O2. The number of hydrogen-bond acceptors (Lipinski definition) is 4. The third-order valence-corrected chi connectivity index (χ3v) is 4.35. The summed E-state index contributed by atoms with van der Waals surface area (Å²) >= 11 is 6.23. The van der Waals surface area contributed by atoms with E-state index in [2.05, 4.69) is 4.90 Å². The molecular weight excluding hydrogens is 276 g/mol. The second-order valence-corrected chi connectivity index (χ2v) is 6.04. The fraction of sp³-hybridized carbons (Fsp3) is 0.600. The Kier molecular flexibility index (Phi) is 4.34. The van der Waals surface area contributed by atoms with Crippen LogP contribution in [0.5, 0.6) is 11.5 Å². The standard InChI is InChI=1S/C15H21ClN2O2/c16-13-6-12(7-14-15(13)20-10-19-14)9-18-5-1-2-11(8-18)3-4-17/h6-7,11H,1-5,8-10,17H2. The maximum Gasteiger partial charge on any atom is 0.231 e. The van der Waals surface area contributed by atoms with E-state index in [1.807, 2.05) is 12.1 Å². The first-order chi connectivity index (χ1) is 9.76. The van der Waals surface area contributed by atoms with Crippen LogP contribution in [0.4, 0.5) is 0 Å². The summed E-state index contributed by atoms with van der Waals surface area (Å²) in [4.78, 5) is 2.48. The second-order valence-electron chi connectivity index (χ2n) is 5.63. The third kappa shape index (κ3) is 3.03. The van der Waals surface area contributed by atoms with Crippen molar-refractivity contribution in [1.82, 2.24) is 4.90 Å². The molecule has 0 bridgehead atoms. The molecule has 3 rings (SSSR count). The minimum absolute atomic E-state index is 0.265. The van der Waals surface area contributed by atoms with Gasteiger partial charge in [-0.05, 0) is 56.0 Å². The Morgan fingerprint density at radius 1 is 1.35 bits per heavy atom. The largest absolute Gasteiger partial charge is 0.454 e. The zero-order chi connectivity index (χ0) is 13.9. The van der Waals surface area contributed by atoms with Gasteiger partial charge in [0.1, 0.15) is 0 Å². The zero-order valence-corrected chi connectivity index (χ0v) is 12.4. The summed E-state index contributed by atoms with van der Waals surface area (Å²) in [6, 6.07) is 4.03. The molecule has 1 aromatic rings. The highest BCUT2D eigenvalue weighted by molar-refractivity contribution is 6.32. The quantitative estimate of drug-likeness (QED) is 0.928. The van der Waals surface area contributed by atoms with E-state index in [9.17, 15) is 0 Å². The number of fused-ring (bicyclic) bond motifs is 1. The van der Waals surface area contributed by atoms with Gasteiger partial charge in [0.15, 0.2) is 11.5 Å². The van der Waals surface area contributed by atoms with Crippen molar-refractivity contribution < 1.29 is 9.47 Å². The second kappa shape index (κ2) is 6.20. The van der Waals surface area contributed by atoms with Gasteiger partial charge in [-0.3, -0.25) is 4.90 Å². The van der Waals surface area contributed by atoms with E-state index in [1.54, 1.807) is 0 Å². The number of likely N-dealkylation sites (tertiary alicyclic amines) is 1. The Balaban J connectivity index is 1.67. The molecule has 2 heterocycles. The van der Waals surface area contributed by atoms with Crippen molar-refractivity contribution in [2.75, 3.05) is 26.4 Å². The van der Waals surface area contributed by atoms with Gasteiger partial charge in [0, 0.05) is 13.1 Å². The molecule has 0 amide bonds. The summed E-state index contributed by atoms with van der Waals surface area (Å²) in [5.74, 6) is 2.18. The first-order valence-electron chi connectivity index (χ1n) is 7.26. The molecule has 1 fully saturated rings. The summed E-state index contributed by atoms with van der Waals surface area (Å²) in [6.45, 7) is 4.24. The van der Waals surface area contributed by atoms with Crippen molar-refractivity contribution >= 4 is 11.6 Å². The molecule has 20 heavy (non-hydrogen) atoms. The van der Waals surface area contributed by atoms with Gasteiger partial charge in [0.25, 0.3) is 0 Å². The predicted molar refractivity (Wildman–Crippen MR) is 79.2 cm³/mol. The maximum atomic E-state index is 6.23. The molecule has 0 spiro atoms. The van der Waals surface area contributed by atoms with Crippen molar-refractivity contribution in [2.24, 2.45) is 11.7 Å². The van der Waals surface area contributed by atoms with E-state index in [0.29, 0.717) is 10.8 Å². The minimum Gasteiger partial charge on any atom is -0.454 e. The van der Waals surface area contributed by atoms with E-state index in [0.717, 1.165) is 44.3 Å². The van der Waals surface area contributed by atoms with E-state index >= 15 is 0 Å². The van der Waals surface area contributed by atoms with E-state index in [1.165, 1.54) is 18.4 Å². The number of benzene rings is 1. The fourth-order valence-electron chi connectivity index (χ4n) is 3.14. The highest BCUT2D eigenvalue weighted by atomic mass is 35.5. The number of rotatable bonds is 4. The predicted octanol–water partition coefficient (Wildman–Crippen LogP) is 2.63. The van der Waals surface area contributed by atoms with Crippen molar-refractivity contribution in [3.8, 4) is 11.5 Å². The molecule has 5 heteroatoms. The smallest absolute Gasteiger partial charge is 0.231 e. The van der Waals surface area contributed by atoms with Gasteiger partial charge in [-0.2, -0.15) is 0 Å². The Morgan fingerprint density at radius 3 is 3.10 bits per heavy atom. The lowest BCUT2D eigenvalue weighted by Gasteiger charge is -2.32. The summed E-state index contributed by atoms with van der Waals surface area (Å²) in [7, 11) is 0. The zero-order valence-electron chi connectivity index (χ0n) is 11.6. The summed E-state index contributed by atoms with van der Waals surface area (Å²) in [5, 5.41) is 0.644. The van der Waals surface area contributed by atoms with Crippen molar-refractivity contribution in [2.45, 2.75) is 25.8 Å². The van der Waals surface area contributed by atoms with Gasteiger partial charge in [-0.25, -0.2) is 0 Å². The highest BCUT2D eigenvalue weighted by Crippen LogP contribution is 2.40. The average molecular weight is 297 g/mol. The Bertz CT molecular complexity index is 479. The maximum absolute atomic E-state index is 6.23. The normalized spacial score (nSPS) is 22.2. The Hall–Kier alpha value is -0.970. The van der Waals surface area contributed by atoms with Crippen LogP contribution in [-0.4, -0.2) is 31.3 Å². The SMILES string of the molecule is NCCC1CCCN(Cc2cc(Cl)c3c(c2)OCO3)C1. The molecule has 1 atom stereocenters. The molecule has 1 unspecified atom stereocenters. The molecule has 0 radical (unpaired) electrons. The molecule has 0 aromatic heterocycles. The number of ether oxygens (including phenoxy) is 2. The van der Waals surface area contributed by atoms with Crippen LogP contribution in [0.25, 0.3) is 0 Å². The minimum atomic E-state index is 0.265. The summed E-state index contributed by atoms with van der Waals surface area (Å²) in [6.07, 6.45) is 3.68. The number of nitrogens with zero attached hydrogens (tertiary/aromatic N) is 1. The van der Waals surface area contributed by atoms with Gasteiger partial charge < -0.3 is 15.2 Å². The van der Waals surface area contributed by atoms with Crippen LogP contribution in [0, 0.1) is 5.92 Å². The molecule has 0 aliphatic carbocycles. The van der Waals surface area contributed by atoms with Crippen LogP contribution in [0.15, 0.2) is 12.1 Å². The lowest BCUT2D eigenvalue weighted by Crippen LogP contribution is -2.35. The van der Waals surface area contributed by atoms with Gasteiger partial charge in [-0.15, -0.1) is 0 Å². The Labute approximate surface area is 124 Å². The van der Waals surface area contributed by atoms with E-state index in [4.69, 9.17) is 26.8 Å². The van der Waals surface area contributed by atoms with Crippen LogP contribution in [-0.2, 0) is 6.54 Å². The van der Waals surface area contributed by atoms with Gasteiger partial charge in [-0.1, -0.05) is 11.6 Å². The van der Waals surface area contributed by atoms with Gasteiger partial charge in [0.2, 0.25) is 6.79 Å². The molecule has 2 N–H and O–H groups in total. The molecule has 1 aromatic carbocycles. The lowest BCUT2D eigenvalue weighted by molar-refractivity contribution is 0.162. The monoisotopic (exact) mass is 296 g/mol. The first kappa shape index (κ1) is 14.0. The third-order valence-electron chi connectivity index (χ3n) is 4.07. The Morgan fingerprint density at radius 2 is 2.25 bits per heavy atom. The average Bonchev–Trinajstić information content (AvgIpc) is 2.88. The van der Waals surface area contributed by atoms with Crippen LogP contribution in [0.1, 0.15) is 24.8 Å². The molecule has 0 saturated carbocycles. The van der Waals surface area contributed by atoms with Crippen LogP contribution in [0.2, 0.25) is 5.02 Å². The van der Waals surface area contributed by atoms with Crippen molar-refractivity contribution in [3.63, 3.8) is 0 Å². The summed E-state index contributed by atoms with van der Waals surface area (Å²) < 4.78 is 10.8. The number of halogens is 1. The number of hydrogen-bond donors (Lipinski definition) is 1.